The van der Waals surface area contributed by atoms with Gasteiger partial charge in [-0.05, 0) is 37.6 Å². The first-order chi connectivity index (χ1) is 7.02. The normalized spacial score (nSPS) is 10.2. The number of primary amides is 1. The van der Waals surface area contributed by atoms with E-state index in [-0.39, 0.29) is 18.3 Å². The Morgan fingerprint density at radius 2 is 1.94 bits per heavy atom. The monoisotopic (exact) mass is 238 g/mol. The Morgan fingerprint density at radius 3 is 2.50 bits per heavy atom. The fourth-order valence-electron chi connectivity index (χ4n) is 1.91. The molecule has 2 rings (SSSR count). The zero-order chi connectivity index (χ0) is 11.2. The predicted molar refractivity (Wildman–Crippen MR) is 68.2 cm³/mol. The van der Waals surface area contributed by atoms with Crippen molar-refractivity contribution in [2.45, 2.75) is 13.8 Å². The number of hydrogen-bond acceptors (Lipinski definition) is 1. The van der Waals surface area contributed by atoms with Gasteiger partial charge in [-0.2, -0.15) is 0 Å². The number of benzene rings is 1. The molecular formula is C12H15ClN2O. The molecule has 2 aromatic rings. The highest BCUT2D eigenvalue weighted by Crippen LogP contribution is 2.24. The van der Waals surface area contributed by atoms with E-state index in [1.54, 1.807) is 6.07 Å². The van der Waals surface area contributed by atoms with Gasteiger partial charge in [-0.1, -0.05) is 0 Å². The second kappa shape index (κ2) is 4.18. The van der Waals surface area contributed by atoms with Crippen molar-refractivity contribution in [1.82, 2.24) is 4.57 Å². The number of carbonyl (C=O) groups excluding carboxylic acids is 1. The van der Waals surface area contributed by atoms with Gasteiger partial charge in [-0.15, -0.1) is 12.4 Å². The van der Waals surface area contributed by atoms with Crippen molar-refractivity contribution in [3.05, 3.63) is 35.0 Å². The number of amides is 1. The van der Waals surface area contributed by atoms with Gasteiger partial charge in [0.2, 0.25) is 5.91 Å². The van der Waals surface area contributed by atoms with Crippen LogP contribution in [0.15, 0.2) is 18.2 Å². The minimum absolute atomic E-state index is 0. The quantitative estimate of drug-likeness (QED) is 0.814. The molecule has 0 bridgehead atoms. The fraction of sp³-hybridized carbons (Fsp3) is 0.250. The molecule has 1 aromatic heterocycles. The summed E-state index contributed by atoms with van der Waals surface area (Å²) in [6, 6.07) is 5.57. The third-order valence-electron chi connectivity index (χ3n) is 3.09. The van der Waals surface area contributed by atoms with Gasteiger partial charge in [-0.3, -0.25) is 4.79 Å². The molecule has 0 saturated carbocycles. The largest absolute Gasteiger partial charge is 0.366 e. The minimum atomic E-state index is -0.377. The van der Waals surface area contributed by atoms with Crippen LogP contribution in [0.4, 0.5) is 0 Å². The molecule has 3 nitrogen and oxygen atoms in total. The Labute approximate surface area is 101 Å². The number of nitrogens with two attached hydrogens (primary N) is 1. The molecule has 0 radical (unpaired) electrons. The van der Waals surface area contributed by atoms with Crippen LogP contribution in [0, 0.1) is 13.8 Å². The molecule has 0 atom stereocenters. The van der Waals surface area contributed by atoms with Crippen molar-refractivity contribution >= 4 is 29.2 Å². The summed E-state index contributed by atoms with van der Waals surface area (Å²) in [5, 5.41) is 1.10. The van der Waals surface area contributed by atoms with Gasteiger partial charge in [0.25, 0.3) is 0 Å². The second-order valence-corrected chi connectivity index (χ2v) is 3.87. The van der Waals surface area contributed by atoms with Crippen LogP contribution in [0.3, 0.4) is 0 Å². The summed E-state index contributed by atoms with van der Waals surface area (Å²) in [5.41, 5.74) is 9.37. The average Bonchev–Trinajstić information content (AvgIpc) is 2.44. The maximum Gasteiger partial charge on any atom is 0.248 e. The zero-order valence-electron chi connectivity index (χ0n) is 9.57. The van der Waals surface area contributed by atoms with E-state index < -0.39 is 0 Å². The van der Waals surface area contributed by atoms with Crippen molar-refractivity contribution in [3.8, 4) is 0 Å². The van der Waals surface area contributed by atoms with Crippen LogP contribution in [0.1, 0.15) is 21.6 Å². The lowest BCUT2D eigenvalue weighted by Gasteiger charge is -1.99. The number of nitrogens with zero attached hydrogens (tertiary/aromatic N) is 1. The molecule has 2 N–H and O–H groups in total. The van der Waals surface area contributed by atoms with Crippen molar-refractivity contribution in [1.29, 1.82) is 0 Å². The van der Waals surface area contributed by atoms with Crippen LogP contribution < -0.4 is 5.73 Å². The molecule has 1 amide bonds. The Bertz CT molecular complexity index is 558. The van der Waals surface area contributed by atoms with Gasteiger partial charge >= 0.3 is 0 Å². The van der Waals surface area contributed by atoms with Gasteiger partial charge in [0.1, 0.15) is 0 Å². The number of hydrogen-bond donors (Lipinski definition) is 1. The lowest BCUT2D eigenvalue weighted by atomic mass is 10.1. The van der Waals surface area contributed by atoms with Crippen molar-refractivity contribution < 1.29 is 4.79 Å². The third-order valence-corrected chi connectivity index (χ3v) is 3.09. The van der Waals surface area contributed by atoms with E-state index in [1.165, 1.54) is 11.3 Å². The smallest absolute Gasteiger partial charge is 0.248 e. The fourth-order valence-corrected chi connectivity index (χ4v) is 1.91. The number of rotatable bonds is 1. The molecule has 1 aromatic carbocycles. The Morgan fingerprint density at radius 1 is 1.31 bits per heavy atom. The Kier molecular flexibility index (Phi) is 3.29. The standard InChI is InChI=1S/C12H14N2O.ClH/c1-7-8(2)14(3)11-5-4-9(12(13)15)6-10(7)11;/h4-6H,1-3H3,(H2,13,15);1H. The lowest BCUT2D eigenvalue weighted by molar-refractivity contribution is 0.100. The van der Waals surface area contributed by atoms with E-state index in [9.17, 15) is 4.79 Å². The highest BCUT2D eigenvalue weighted by molar-refractivity contribution is 5.98. The number of halogens is 1. The van der Waals surface area contributed by atoms with Crippen LogP contribution in [0.25, 0.3) is 10.9 Å². The molecule has 16 heavy (non-hydrogen) atoms. The first-order valence-electron chi connectivity index (χ1n) is 4.88. The maximum atomic E-state index is 11.1. The van der Waals surface area contributed by atoms with Crippen molar-refractivity contribution in [2.75, 3.05) is 0 Å². The lowest BCUT2D eigenvalue weighted by Crippen LogP contribution is -2.10. The van der Waals surface area contributed by atoms with Gasteiger partial charge in [0, 0.05) is 29.2 Å². The molecule has 0 aliphatic heterocycles. The summed E-state index contributed by atoms with van der Waals surface area (Å²) in [4.78, 5) is 11.1. The summed E-state index contributed by atoms with van der Waals surface area (Å²) in [7, 11) is 2.02. The maximum absolute atomic E-state index is 11.1. The highest BCUT2D eigenvalue weighted by atomic mass is 35.5. The average molecular weight is 239 g/mol. The van der Waals surface area contributed by atoms with E-state index in [0.717, 1.165) is 10.9 Å². The van der Waals surface area contributed by atoms with Crippen LogP contribution >= 0.6 is 12.4 Å². The summed E-state index contributed by atoms with van der Waals surface area (Å²) in [6.45, 7) is 4.13. The van der Waals surface area contributed by atoms with Crippen LogP contribution in [0.2, 0.25) is 0 Å². The molecule has 1 heterocycles. The van der Waals surface area contributed by atoms with E-state index >= 15 is 0 Å². The van der Waals surface area contributed by atoms with Crippen LogP contribution in [-0.4, -0.2) is 10.5 Å². The van der Waals surface area contributed by atoms with Crippen molar-refractivity contribution in [3.63, 3.8) is 0 Å². The van der Waals surface area contributed by atoms with E-state index in [1.807, 2.05) is 19.2 Å². The zero-order valence-corrected chi connectivity index (χ0v) is 10.4. The Hall–Kier alpha value is -1.48. The van der Waals surface area contributed by atoms with Crippen molar-refractivity contribution in [2.24, 2.45) is 12.8 Å². The summed E-state index contributed by atoms with van der Waals surface area (Å²) in [5.74, 6) is -0.377. The first kappa shape index (κ1) is 12.6. The Balaban J connectivity index is 0.00000128. The molecule has 4 heteroatoms. The van der Waals surface area contributed by atoms with Gasteiger partial charge in [0.05, 0.1) is 0 Å². The second-order valence-electron chi connectivity index (χ2n) is 3.87. The summed E-state index contributed by atoms with van der Waals surface area (Å²) >= 11 is 0. The molecule has 0 aliphatic carbocycles. The third kappa shape index (κ3) is 1.67. The van der Waals surface area contributed by atoms with Gasteiger partial charge in [0.15, 0.2) is 0 Å². The van der Waals surface area contributed by atoms with E-state index in [4.69, 9.17) is 5.73 Å². The predicted octanol–water partition coefficient (Wildman–Crippen LogP) is 2.32. The summed E-state index contributed by atoms with van der Waals surface area (Å²) < 4.78 is 2.12. The van der Waals surface area contributed by atoms with E-state index in [0.29, 0.717) is 5.56 Å². The number of aromatic nitrogens is 1. The highest BCUT2D eigenvalue weighted by Gasteiger charge is 2.09. The molecule has 0 unspecified atom stereocenters. The number of fused-ring (bicyclic) bond motifs is 1. The van der Waals surface area contributed by atoms with Gasteiger partial charge in [-0.25, -0.2) is 0 Å². The van der Waals surface area contributed by atoms with E-state index in [2.05, 4.69) is 18.4 Å². The number of carbonyl (C=O) groups is 1. The topological polar surface area (TPSA) is 48.0 Å². The number of aryl methyl sites for hydroxylation is 2. The summed E-state index contributed by atoms with van der Waals surface area (Å²) in [6.07, 6.45) is 0. The molecule has 0 fully saturated rings. The molecule has 86 valence electrons. The van der Waals surface area contributed by atoms with Crippen LogP contribution in [0.5, 0.6) is 0 Å². The van der Waals surface area contributed by atoms with Gasteiger partial charge < -0.3 is 10.3 Å². The minimum Gasteiger partial charge on any atom is -0.366 e. The SMILES string of the molecule is Cc1c(C)n(C)c2ccc(C(N)=O)cc12.Cl. The molecule has 0 aliphatic rings. The molecule has 0 saturated heterocycles. The molecule has 0 spiro atoms. The molecular weight excluding hydrogens is 224 g/mol. The first-order valence-corrected chi connectivity index (χ1v) is 4.88. The van der Waals surface area contributed by atoms with Crippen LogP contribution in [-0.2, 0) is 7.05 Å².